The van der Waals surface area contributed by atoms with Crippen molar-refractivity contribution in [3.05, 3.63) is 83.8 Å². The first-order valence-corrected chi connectivity index (χ1v) is 10.9. The molecule has 1 N–H and O–H groups in total. The van der Waals surface area contributed by atoms with Crippen LogP contribution in [0.3, 0.4) is 0 Å². The standard InChI is InChI=1S/C24H21N4S/c1-2-4-24-22(3-1)23(15-29-24)18-7-5-17(6-8-18)19-11-20(12-19)27-28-10-9-25-13-21(28)14-26-16-28/h1-10,13-16,19-20,27H,11-12H2/q+1. The Labute approximate surface area is 173 Å². The molecule has 1 unspecified atom stereocenters. The molecule has 1 aliphatic carbocycles. The first-order valence-electron chi connectivity index (χ1n) is 9.99. The predicted molar refractivity (Wildman–Crippen MR) is 121 cm³/mol. The summed E-state index contributed by atoms with van der Waals surface area (Å²) in [5.74, 6) is 0.619. The topological polar surface area (TPSA) is 36.8 Å². The van der Waals surface area contributed by atoms with Gasteiger partial charge >= 0.3 is 0 Å². The van der Waals surface area contributed by atoms with Gasteiger partial charge in [-0.1, -0.05) is 42.5 Å². The minimum absolute atomic E-state index is 0.476. The largest absolute Gasteiger partial charge is 0.253 e. The van der Waals surface area contributed by atoms with Crippen LogP contribution >= 0.6 is 11.3 Å². The highest BCUT2D eigenvalue weighted by Gasteiger charge is 2.41. The summed E-state index contributed by atoms with van der Waals surface area (Å²) in [7, 11) is 0. The maximum Gasteiger partial charge on any atom is 0.219 e. The zero-order valence-electron chi connectivity index (χ0n) is 15.9. The summed E-state index contributed by atoms with van der Waals surface area (Å²) in [4.78, 5) is 8.54. The Hall–Kier alpha value is -2.86. The van der Waals surface area contributed by atoms with Gasteiger partial charge in [0.2, 0.25) is 6.34 Å². The van der Waals surface area contributed by atoms with Gasteiger partial charge in [-0.15, -0.1) is 21.4 Å². The molecule has 3 aromatic rings. The Morgan fingerprint density at radius 3 is 2.76 bits per heavy atom. The zero-order chi connectivity index (χ0) is 19.3. The lowest BCUT2D eigenvalue weighted by molar-refractivity contribution is -0.788. The molecule has 142 valence electrons. The van der Waals surface area contributed by atoms with Gasteiger partial charge in [0.05, 0.1) is 24.7 Å². The van der Waals surface area contributed by atoms with E-state index in [1.807, 2.05) is 36.3 Å². The van der Waals surface area contributed by atoms with E-state index in [2.05, 4.69) is 75.5 Å². The number of hydrogen-bond donors (Lipinski definition) is 1. The van der Waals surface area contributed by atoms with Crippen LogP contribution in [0.5, 0.6) is 0 Å². The van der Waals surface area contributed by atoms with Gasteiger partial charge in [-0.05, 0) is 41.3 Å². The fourth-order valence-electron chi connectivity index (χ4n) is 4.48. The van der Waals surface area contributed by atoms with Crippen LogP contribution in [0.4, 0.5) is 0 Å². The lowest BCUT2D eigenvalue weighted by atomic mass is 9.76. The van der Waals surface area contributed by atoms with Crippen molar-refractivity contribution in [2.24, 2.45) is 9.98 Å². The third-order valence-electron chi connectivity index (χ3n) is 6.19. The second kappa shape index (κ2) is 6.59. The first-order chi connectivity index (χ1) is 14.3. The number of benzene rings is 2. The van der Waals surface area contributed by atoms with Crippen molar-refractivity contribution in [1.82, 2.24) is 5.43 Å². The quantitative estimate of drug-likeness (QED) is 0.574. The van der Waals surface area contributed by atoms with Gasteiger partial charge in [0, 0.05) is 15.6 Å². The predicted octanol–water partition coefficient (Wildman–Crippen LogP) is 5.57. The Kier molecular flexibility index (Phi) is 3.87. The number of thiophene rings is 1. The summed E-state index contributed by atoms with van der Waals surface area (Å²) in [5.41, 5.74) is 8.88. The van der Waals surface area contributed by atoms with Gasteiger partial charge in [-0.2, -0.15) is 0 Å². The molecule has 0 spiro atoms. The molecular weight excluding hydrogens is 376 g/mol. The number of hydrogen-bond acceptors (Lipinski definition) is 4. The van der Waals surface area contributed by atoms with E-state index in [0.717, 1.165) is 18.5 Å². The van der Waals surface area contributed by atoms with E-state index >= 15 is 0 Å². The van der Waals surface area contributed by atoms with Gasteiger partial charge in [0.1, 0.15) is 6.20 Å². The molecule has 0 radical (unpaired) electrons. The van der Waals surface area contributed by atoms with Crippen LogP contribution in [-0.2, 0) is 0 Å². The van der Waals surface area contributed by atoms with E-state index in [4.69, 9.17) is 0 Å². The van der Waals surface area contributed by atoms with Crippen molar-refractivity contribution >= 4 is 34.0 Å². The summed E-state index contributed by atoms with van der Waals surface area (Å²) in [6.07, 6.45) is 11.9. The Morgan fingerprint density at radius 1 is 1.00 bits per heavy atom. The summed E-state index contributed by atoms with van der Waals surface area (Å²) in [6.45, 7) is 0. The van der Waals surface area contributed by atoms with E-state index in [1.54, 1.807) is 0 Å². The molecule has 29 heavy (non-hydrogen) atoms. The molecule has 4 nitrogen and oxygen atoms in total. The lowest BCUT2D eigenvalue weighted by Crippen LogP contribution is -2.58. The molecule has 3 heterocycles. The summed E-state index contributed by atoms with van der Waals surface area (Å²) >= 11 is 1.82. The molecule has 6 rings (SSSR count). The molecule has 1 fully saturated rings. The van der Waals surface area contributed by atoms with Crippen molar-refractivity contribution < 1.29 is 4.59 Å². The maximum absolute atomic E-state index is 4.33. The molecule has 1 aromatic heterocycles. The fourth-order valence-corrected chi connectivity index (χ4v) is 5.45. The van der Waals surface area contributed by atoms with Crippen LogP contribution in [0.15, 0.2) is 88.2 Å². The van der Waals surface area contributed by atoms with Gasteiger partial charge in [0.15, 0.2) is 5.70 Å². The van der Waals surface area contributed by atoms with Gasteiger partial charge < -0.3 is 0 Å². The summed E-state index contributed by atoms with van der Waals surface area (Å²) in [5, 5.41) is 3.62. The van der Waals surface area contributed by atoms with Gasteiger partial charge in [-0.3, -0.25) is 4.99 Å². The SMILES string of the molecule is C1=C[N+]2(NC3CC(c4ccc(-c5csc6ccccc56)cc4)C3)C=NC=C2C=N1. The fraction of sp³-hybridized carbons (Fsp3) is 0.167. The molecule has 1 saturated carbocycles. The Morgan fingerprint density at radius 2 is 1.86 bits per heavy atom. The number of aliphatic imine (C=N–C) groups is 2. The van der Waals surface area contributed by atoms with Crippen molar-refractivity contribution in [1.29, 1.82) is 0 Å². The minimum atomic E-state index is 0.476. The molecule has 0 bridgehead atoms. The monoisotopic (exact) mass is 397 g/mol. The van der Waals surface area contributed by atoms with Gasteiger partial charge in [0.25, 0.3) is 0 Å². The highest BCUT2D eigenvalue weighted by Crippen LogP contribution is 2.40. The number of nitrogens with zero attached hydrogens (tertiary/aromatic N) is 3. The van der Waals surface area contributed by atoms with E-state index < -0.39 is 0 Å². The molecule has 0 saturated heterocycles. The van der Waals surface area contributed by atoms with Crippen molar-refractivity contribution in [2.45, 2.75) is 24.8 Å². The van der Waals surface area contributed by atoms with E-state index in [0.29, 0.717) is 16.6 Å². The molecular formula is C24H21N4S+. The highest BCUT2D eigenvalue weighted by molar-refractivity contribution is 7.17. The minimum Gasteiger partial charge on any atom is -0.253 e. The van der Waals surface area contributed by atoms with Crippen molar-refractivity contribution in [3.63, 3.8) is 0 Å². The third kappa shape index (κ3) is 2.82. The molecule has 2 aliphatic heterocycles. The number of fused-ring (bicyclic) bond motifs is 2. The molecule has 0 amide bonds. The van der Waals surface area contributed by atoms with E-state index in [-0.39, 0.29) is 0 Å². The smallest absolute Gasteiger partial charge is 0.219 e. The number of rotatable bonds is 4. The molecule has 2 aromatic carbocycles. The molecule has 3 aliphatic rings. The van der Waals surface area contributed by atoms with E-state index in [9.17, 15) is 0 Å². The average Bonchev–Trinajstić information content (AvgIpc) is 3.35. The number of nitrogens with one attached hydrogen (secondary N) is 1. The number of allylic oxidation sites excluding steroid dienone is 1. The first kappa shape index (κ1) is 17.0. The van der Waals surface area contributed by atoms with Crippen molar-refractivity contribution in [2.75, 3.05) is 0 Å². The third-order valence-corrected chi connectivity index (χ3v) is 7.15. The molecule has 1 atom stereocenters. The molecule has 5 heteroatoms. The average molecular weight is 398 g/mol. The second-order valence-electron chi connectivity index (χ2n) is 7.93. The van der Waals surface area contributed by atoms with Crippen LogP contribution in [0.25, 0.3) is 21.2 Å². The maximum atomic E-state index is 4.33. The van der Waals surface area contributed by atoms with Crippen LogP contribution in [-0.4, -0.2) is 23.2 Å². The van der Waals surface area contributed by atoms with Crippen molar-refractivity contribution in [3.8, 4) is 11.1 Å². The number of quaternary nitrogens is 1. The lowest BCUT2D eigenvalue weighted by Gasteiger charge is -2.40. The van der Waals surface area contributed by atoms with E-state index in [1.165, 1.54) is 26.8 Å². The summed E-state index contributed by atoms with van der Waals surface area (Å²) < 4.78 is 1.84. The highest BCUT2D eigenvalue weighted by atomic mass is 32.1. The second-order valence-corrected chi connectivity index (χ2v) is 8.85. The normalized spacial score (nSPS) is 27.1. The van der Waals surface area contributed by atoms with Gasteiger partial charge in [-0.25, -0.2) is 4.99 Å². The van der Waals surface area contributed by atoms with Crippen LogP contribution < -0.4 is 5.43 Å². The van der Waals surface area contributed by atoms with Crippen LogP contribution in [0, 0.1) is 0 Å². The van der Waals surface area contributed by atoms with Crippen LogP contribution in [0.2, 0.25) is 0 Å². The Balaban J connectivity index is 1.15. The van der Waals surface area contributed by atoms with Crippen LogP contribution in [0.1, 0.15) is 24.3 Å². The Bertz CT molecular complexity index is 1200. The summed E-state index contributed by atoms with van der Waals surface area (Å²) in [6, 6.07) is 18.3. The zero-order valence-corrected chi connectivity index (χ0v) is 16.7.